The van der Waals surface area contributed by atoms with Crippen LogP contribution in [0, 0.1) is 6.92 Å². The molecule has 0 saturated carbocycles. The smallest absolute Gasteiger partial charge is 0.372 e. The predicted molar refractivity (Wildman–Crippen MR) is 129 cm³/mol. The van der Waals surface area contributed by atoms with E-state index in [1.165, 1.54) is 6.07 Å². The summed E-state index contributed by atoms with van der Waals surface area (Å²) in [6.07, 6.45) is -1.29. The van der Waals surface area contributed by atoms with Crippen molar-refractivity contribution in [3.8, 4) is 0 Å². The maximum atomic E-state index is 13.3. The summed E-state index contributed by atoms with van der Waals surface area (Å²) in [5.41, 5.74) is 0.980. The molecule has 2 fully saturated rings. The van der Waals surface area contributed by atoms with Gasteiger partial charge in [0.05, 0.1) is 23.8 Å². The maximum Gasteiger partial charge on any atom is 0.416 e. The van der Waals surface area contributed by atoms with Crippen molar-refractivity contribution in [1.82, 2.24) is 15.5 Å². The van der Waals surface area contributed by atoms with Gasteiger partial charge in [0.2, 0.25) is 0 Å². The molecule has 0 unspecified atom stereocenters. The van der Waals surface area contributed by atoms with E-state index in [0.717, 1.165) is 50.4 Å². The Morgan fingerprint density at radius 1 is 1.20 bits per heavy atom. The number of aryl methyl sites for hydroxylation is 1. The minimum Gasteiger partial charge on any atom is -0.372 e. The van der Waals surface area contributed by atoms with E-state index in [2.05, 4.69) is 10.6 Å². The number of amides is 2. The first kappa shape index (κ1) is 25.5. The Kier molecular flexibility index (Phi) is 7.71. The Hall–Kier alpha value is -2.58. The van der Waals surface area contributed by atoms with Crippen LogP contribution in [0.5, 0.6) is 0 Å². The summed E-state index contributed by atoms with van der Waals surface area (Å²) < 4.78 is 46.2. The first-order valence-corrected chi connectivity index (χ1v) is 12.3. The van der Waals surface area contributed by atoms with Crippen molar-refractivity contribution in [2.24, 2.45) is 0 Å². The number of urea groups is 1. The zero-order chi connectivity index (χ0) is 25.1. The highest BCUT2D eigenvalue weighted by molar-refractivity contribution is 5.74. The van der Waals surface area contributed by atoms with E-state index in [-0.39, 0.29) is 12.1 Å². The zero-order valence-electron chi connectivity index (χ0n) is 20.3. The van der Waals surface area contributed by atoms with Crippen LogP contribution in [0.4, 0.5) is 18.0 Å². The molecule has 2 saturated heterocycles. The average Bonchev–Trinajstić information content (AvgIpc) is 3.38. The number of carbonyl (C=O) groups is 1. The van der Waals surface area contributed by atoms with Gasteiger partial charge < -0.3 is 20.3 Å². The van der Waals surface area contributed by atoms with Crippen LogP contribution in [0.2, 0.25) is 0 Å². The molecule has 0 aromatic heterocycles. The molecule has 0 spiro atoms. The van der Waals surface area contributed by atoms with Gasteiger partial charge in [0.15, 0.2) is 0 Å². The third-order valence-electron chi connectivity index (χ3n) is 7.13. The van der Waals surface area contributed by atoms with Crippen LogP contribution < -0.4 is 10.6 Å². The summed E-state index contributed by atoms with van der Waals surface area (Å²) >= 11 is 0. The van der Waals surface area contributed by atoms with Gasteiger partial charge in [-0.3, -0.25) is 0 Å². The van der Waals surface area contributed by atoms with Gasteiger partial charge >= 0.3 is 12.2 Å². The topological polar surface area (TPSA) is 53.6 Å². The quantitative estimate of drug-likeness (QED) is 0.560. The largest absolute Gasteiger partial charge is 0.416 e. The minimum absolute atomic E-state index is 0.00806. The fraction of sp³-hybridized carbons (Fsp3) is 0.519. The zero-order valence-corrected chi connectivity index (χ0v) is 20.3. The molecule has 35 heavy (non-hydrogen) atoms. The monoisotopic (exact) mass is 489 g/mol. The van der Waals surface area contributed by atoms with Crippen LogP contribution in [0.25, 0.3) is 0 Å². The number of hydrogen-bond acceptors (Lipinski definition) is 3. The third kappa shape index (κ3) is 6.16. The van der Waals surface area contributed by atoms with E-state index < -0.39 is 23.4 Å². The lowest BCUT2D eigenvalue weighted by molar-refractivity contribution is -0.137. The second kappa shape index (κ2) is 10.6. The minimum atomic E-state index is -4.40. The molecule has 2 heterocycles. The number of halogens is 3. The van der Waals surface area contributed by atoms with Gasteiger partial charge in [-0.1, -0.05) is 42.0 Å². The van der Waals surface area contributed by atoms with Crippen molar-refractivity contribution >= 4 is 6.03 Å². The highest BCUT2D eigenvalue weighted by atomic mass is 19.4. The van der Waals surface area contributed by atoms with E-state index in [4.69, 9.17) is 4.74 Å². The van der Waals surface area contributed by atoms with Crippen molar-refractivity contribution in [2.75, 3.05) is 26.2 Å². The molecular weight excluding hydrogens is 455 g/mol. The van der Waals surface area contributed by atoms with E-state index >= 15 is 0 Å². The number of hydrogen-bond donors (Lipinski definition) is 2. The molecule has 2 amide bonds. The van der Waals surface area contributed by atoms with Crippen molar-refractivity contribution < 1.29 is 22.7 Å². The van der Waals surface area contributed by atoms with Gasteiger partial charge in [-0.25, -0.2) is 4.79 Å². The number of rotatable bonds is 6. The van der Waals surface area contributed by atoms with Crippen LogP contribution in [0.3, 0.4) is 0 Å². The summed E-state index contributed by atoms with van der Waals surface area (Å²) in [6.45, 7) is 5.96. The molecule has 2 aromatic carbocycles. The van der Waals surface area contributed by atoms with Gasteiger partial charge in [0.1, 0.15) is 0 Å². The predicted octanol–water partition coefficient (Wildman–Crippen LogP) is 5.54. The number of piperidine rings is 1. The lowest BCUT2D eigenvalue weighted by Gasteiger charge is -2.42. The van der Waals surface area contributed by atoms with Gasteiger partial charge in [-0.2, -0.15) is 13.2 Å². The van der Waals surface area contributed by atoms with Crippen LogP contribution in [-0.4, -0.2) is 43.2 Å². The Morgan fingerprint density at radius 2 is 1.91 bits per heavy atom. The number of nitrogens with zero attached hydrogens (tertiary/aromatic N) is 1. The molecule has 0 bridgehead atoms. The maximum absolute atomic E-state index is 13.3. The Balaban J connectivity index is 1.45. The number of alkyl halides is 3. The van der Waals surface area contributed by atoms with E-state index in [1.54, 1.807) is 19.9 Å². The molecule has 0 aliphatic carbocycles. The van der Waals surface area contributed by atoms with Crippen molar-refractivity contribution in [2.45, 2.75) is 63.4 Å². The normalized spacial score (nSPS) is 23.8. The highest BCUT2D eigenvalue weighted by Gasteiger charge is 2.38. The summed E-state index contributed by atoms with van der Waals surface area (Å²) in [4.78, 5) is 14.4. The Labute approximate surface area is 205 Å². The van der Waals surface area contributed by atoms with Crippen molar-refractivity contribution in [3.05, 3.63) is 70.8 Å². The number of benzene rings is 2. The second-order valence-electron chi connectivity index (χ2n) is 9.79. The lowest BCUT2D eigenvalue weighted by Crippen LogP contribution is -2.58. The summed E-state index contributed by atoms with van der Waals surface area (Å²) in [5, 5.41) is 6.76. The summed E-state index contributed by atoms with van der Waals surface area (Å²) in [5.74, 6) is 0. The molecule has 2 aromatic rings. The van der Waals surface area contributed by atoms with E-state index in [1.807, 2.05) is 35.2 Å². The van der Waals surface area contributed by atoms with E-state index in [9.17, 15) is 18.0 Å². The van der Waals surface area contributed by atoms with Gasteiger partial charge in [0, 0.05) is 25.7 Å². The molecule has 2 aliphatic rings. The summed E-state index contributed by atoms with van der Waals surface area (Å²) in [7, 11) is 0. The highest BCUT2D eigenvalue weighted by Crippen LogP contribution is 2.35. The molecule has 4 rings (SSSR count). The Bertz CT molecular complexity index is 998. The average molecular weight is 490 g/mol. The van der Waals surface area contributed by atoms with Gasteiger partial charge in [-0.05, 0) is 62.8 Å². The fourth-order valence-electron chi connectivity index (χ4n) is 5.02. The number of likely N-dealkylation sites (tertiary alicyclic amines) is 1. The number of nitrogens with one attached hydrogen (secondary N) is 2. The second-order valence-corrected chi connectivity index (χ2v) is 9.79. The molecule has 190 valence electrons. The van der Waals surface area contributed by atoms with Crippen LogP contribution in [-0.2, 0) is 16.5 Å². The molecule has 5 nitrogen and oxygen atoms in total. The molecule has 3 atom stereocenters. The van der Waals surface area contributed by atoms with Crippen molar-refractivity contribution in [1.29, 1.82) is 0 Å². The first-order valence-electron chi connectivity index (χ1n) is 12.3. The fourth-order valence-corrected chi connectivity index (χ4v) is 5.02. The standard InChI is InChI=1S/C27H34F3N3O2/c1-19-14-21(16-23(15-19)27(28,29)30)20(2)35-18-26(22-8-4-3-5-9-22)11-10-24(17-31-26)32-25(34)33-12-6-7-13-33/h3-5,8-9,14-16,20,24,31H,6-7,10-13,17-18H2,1-2H3,(H,32,34)/t20-,24+,26-/m1/s1. The van der Waals surface area contributed by atoms with Crippen LogP contribution >= 0.6 is 0 Å². The van der Waals surface area contributed by atoms with Gasteiger partial charge in [0.25, 0.3) is 0 Å². The van der Waals surface area contributed by atoms with E-state index in [0.29, 0.717) is 24.3 Å². The molecule has 0 radical (unpaired) electrons. The third-order valence-corrected chi connectivity index (χ3v) is 7.13. The lowest BCUT2D eigenvalue weighted by atomic mass is 9.81. The first-order chi connectivity index (χ1) is 16.7. The molecular formula is C27H34F3N3O2. The molecule has 2 N–H and O–H groups in total. The van der Waals surface area contributed by atoms with Crippen LogP contribution in [0.15, 0.2) is 48.5 Å². The van der Waals surface area contributed by atoms with Crippen molar-refractivity contribution in [3.63, 3.8) is 0 Å². The molecule has 8 heteroatoms. The van der Waals surface area contributed by atoms with Crippen LogP contribution in [0.1, 0.15) is 61.0 Å². The summed E-state index contributed by atoms with van der Waals surface area (Å²) in [6, 6.07) is 14.1. The SMILES string of the molecule is Cc1cc([C@@H](C)OC[C@@]2(c3ccccc3)CC[C@H](NC(=O)N3CCCC3)CN2)cc(C(F)(F)F)c1. The number of carbonyl (C=O) groups excluding carboxylic acids is 1. The molecule has 2 aliphatic heterocycles. The van der Waals surface area contributed by atoms with Gasteiger partial charge in [-0.15, -0.1) is 0 Å². The number of ether oxygens (including phenoxy) is 1. The Morgan fingerprint density at radius 3 is 2.54 bits per heavy atom.